The minimum Gasteiger partial charge on any atom is -0.345 e. The summed E-state index contributed by atoms with van der Waals surface area (Å²) in [5.41, 5.74) is 0. The first-order valence-corrected chi connectivity index (χ1v) is 3.03. The minimum absolute atomic E-state index is 0.734. The second kappa shape index (κ2) is 2.03. The van der Waals surface area contributed by atoms with Crippen molar-refractivity contribution in [2.75, 3.05) is 0 Å². The summed E-state index contributed by atoms with van der Waals surface area (Å²) in [5, 5.41) is 1.62. The summed E-state index contributed by atoms with van der Waals surface area (Å²) < 4.78 is 1.85. The van der Waals surface area contributed by atoms with Crippen LogP contribution in [-0.2, 0) is 7.05 Å². The Bertz CT molecular complexity index is 175. The van der Waals surface area contributed by atoms with Gasteiger partial charge in [-0.3, -0.25) is 0 Å². The number of rotatable bonds is 0. The highest BCUT2D eigenvalue weighted by Gasteiger charge is 1.92. The molecule has 0 unspecified atom stereocenters. The lowest BCUT2D eigenvalue weighted by Gasteiger charge is -1.88. The first kappa shape index (κ1) is 6.05. The maximum atomic E-state index is 5.60. The Labute approximate surface area is 58.7 Å². The van der Waals surface area contributed by atoms with E-state index in [1.165, 1.54) is 0 Å². The van der Waals surface area contributed by atoms with Crippen LogP contribution in [0.3, 0.4) is 0 Å². The van der Waals surface area contributed by atoms with Gasteiger partial charge in [0.15, 0.2) is 0 Å². The van der Waals surface area contributed by atoms with Crippen LogP contribution in [-0.4, -0.2) is 4.57 Å². The number of hydrogen-bond acceptors (Lipinski definition) is 1. The van der Waals surface area contributed by atoms with Gasteiger partial charge in [0.1, 0.15) is 0 Å². The number of nitrogens with zero attached hydrogens (tertiary/aromatic N) is 1. The van der Waals surface area contributed by atoms with E-state index in [0.29, 0.717) is 0 Å². The molecule has 0 atom stereocenters. The third-order valence-corrected chi connectivity index (χ3v) is 1.60. The molecule has 8 heavy (non-hydrogen) atoms. The minimum atomic E-state index is 0.734. The molecule has 1 aromatic heterocycles. The predicted octanol–water partition coefficient (Wildman–Crippen LogP) is 1.97. The highest BCUT2D eigenvalue weighted by atomic mass is 35.5. The van der Waals surface area contributed by atoms with Crippen molar-refractivity contribution in [2.45, 2.75) is 5.03 Å². The lowest BCUT2D eigenvalue weighted by atomic mass is 10.7. The Balaban J connectivity index is 3.14. The lowest BCUT2D eigenvalue weighted by molar-refractivity contribution is 0.832. The Kier molecular flexibility index (Phi) is 1.54. The van der Waals surface area contributed by atoms with Crippen LogP contribution < -0.4 is 0 Å². The van der Waals surface area contributed by atoms with Gasteiger partial charge in [0, 0.05) is 13.2 Å². The molecule has 3 heteroatoms. The Hall–Kier alpha value is -0.0800. The van der Waals surface area contributed by atoms with E-state index < -0.39 is 0 Å². The van der Waals surface area contributed by atoms with Crippen LogP contribution in [0.5, 0.6) is 0 Å². The molecule has 1 nitrogen and oxygen atoms in total. The molecule has 0 N–H and O–H groups in total. The highest BCUT2D eigenvalue weighted by molar-refractivity contribution is 7.80. The second-order valence-electron chi connectivity index (χ2n) is 1.63. The van der Waals surface area contributed by atoms with Crippen molar-refractivity contribution in [1.29, 1.82) is 0 Å². The van der Waals surface area contributed by atoms with E-state index in [9.17, 15) is 0 Å². The summed E-state index contributed by atoms with van der Waals surface area (Å²) in [7, 11) is 1.90. The first-order chi connectivity index (χ1) is 3.70. The quantitative estimate of drug-likeness (QED) is 0.536. The van der Waals surface area contributed by atoms with Gasteiger partial charge < -0.3 is 4.57 Å². The Morgan fingerprint density at radius 3 is 2.50 bits per heavy atom. The third kappa shape index (κ3) is 1.01. The maximum absolute atomic E-state index is 5.60. The monoisotopic (exact) mass is 147 g/mol. The molecule has 0 aliphatic rings. The summed E-state index contributed by atoms with van der Waals surface area (Å²) in [6.07, 6.45) is 1.81. The number of thiol groups is 1. The van der Waals surface area contributed by atoms with Gasteiger partial charge in [0.05, 0.1) is 10.0 Å². The average Bonchev–Trinajstić information content (AvgIpc) is 1.85. The molecule has 1 rings (SSSR count). The largest absolute Gasteiger partial charge is 0.345 e. The Morgan fingerprint density at radius 2 is 2.38 bits per heavy atom. The Morgan fingerprint density at radius 1 is 1.75 bits per heavy atom. The van der Waals surface area contributed by atoms with Crippen molar-refractivity contribution in [3.63, 3.8) is 0 Å². The van der Waals surface area contributed by atoms with Gasteiger partial charge in [-0.05, 0) is 6.07 Å². The van der Waals surface area contributed by atoms with Crippen molar-refractivity contribution in [3.05, 3.63) is 17.3 Å². The molecule has 0 aromatic carbocycles. The van der Waals surface area contributed by atoms with Gasteiger partial charge in [0.2, 0.25) is 0 Å². The molecule has 1 aromatic rings. The van der Waals surface area contributed by atoms with Crippen LogP contribution in [0.4, 0.5) is 0 Å². The molecule has 0 spiro atoms. The summed E-state index contributed by atoms with van der Waals surface area (Å²) in [4.78, 5) is 0. The second-order valence-corrected chi connectivity index (χ2v) is 2.52. The molecule has 0 radical (unpaired) electrons. The van der Waals surface area contributed by atoms with Crippen LogP contribution in [0.2, 0.25) is 5.02 Å². The van der Waals surface area contributed by atoms with E-state index >= 15 is 0 Å². The van der Waals surface area contributed by atoms with Gasteiger partial charge in [-0.15, -0.1) is 12.6 Å². The van der Waals surface area contributed by atoms with Gasteiger partial charge in [0.25, 0.3) is 0 Å². The molecular formula is C5H6ClNS. The fourth-order valence-electron chi connectivity index (χ4n) is 0.514. The van der Waals surface area contributed by atoms with Crippen LogP contribution in [0.15, 0.2) is 17.3 Å². The van der Waals surface area contributed by atoms with Crippen LogP contribution >= 0.6 is 24.2 Å². The molecule has 0 bridgehead atoms. The van der Waals surface area contributed by atoms with E-state index in [0.717, 1.165) is 10.0 Å². The van der Waals surface area contributed by atoms with E-state index in [-0.39, 0.29) is 0 Å². The smallest absolute Gasteiger partial charge is 0.0729 e. The summed E-state index contributed by atoms with van der Waals surface area (Å²) in [6.45, 7) is 0. The molecular weight excluding hydrogens is 142 g/mol. The van der Waals surface area contributed by atoms with Gasteiger partial charge in [-0.1, -0.05) is 11.6 Å². The fourth-order valence-corrected chi connectivity index (χ4v) is 1.04. The molecule has 0 saturated heterocycles. The van der Waals surface area contributed by atoms with Crippen LogP contribution in [0, 0.1) is 0 Å². The zero-order valence-corrected chi connectivity index (χ0v) is 6.08. The zero-order chi connectivity index (χ0) is 6.15. The fraction of sp³-hybridized carbons (Fsp3) is 0.200. The van der Waals surface area contributed by atoms with Gasteiger partial charge in [-0.2, -0.15) is 0 Å². The molecule has 0 fully saturated rings. The molecule has 1 heterocycles. The van der Waals surface area contributed by atoms with Crippen molar-refractivity contribution in [3.8, 4) is 0 Å². The number of halogens is 1. The maximum Gasteiger partial charge on any atom is 0.0729 e. The first-order valence-electron chi connectivity index (χ1n) is 2.21. The third-order valence-electron chi connectivity index (χ3n) is 0.945. The normalized spacial score (nSPS) is 9.88. The highest BCUT2D eigenvalue weighted by Crippen LogP contribution is 2.14. The predicted molar refractivity (Wildman–Crippen MR) is 37.7 cm³/mol. The van der Waals surface area contributed by atoms with Gasteiger partial charge >= 0.3 is 0 Å². The summed E-state index contributed by atoms with van der Waals surface area (Å²) in [6, 6.07) is 1.80. The molecule has 0 aliphatic carbocycles. The van der Waals surface area contributed by atoms with Crippen molar-refractivity contribution >= 4 is 24.2 Å². The number of hydrogen-bond donors (Lipinski definition) is 1. The summed E-state index contributed by atoms with van der Waals surface area (Å²) >= 11 is 9.69. The van der Waals surface area contributed by atoms with E-state index in [1.54, 1.807) is 6.07 Å². The standard InChI is InChI=1S/C5H6ClNS/c1-7-3-4(6)2-5(7)8/h2-3,8H,1H3. The number of aromatic nitrogens is 1. The summed E-state index contributed by atoms with van der Waals surface area (Å²) in [5.74, 6) is 0. The van der Waals surface area contributed by atoms with E-state index in [4.69, 9.17) is 11.6 Å². The van der Waals surface area contributed by atoms with Crippen LogP contribution in [0.25, 0.3) is 0 Å². The molecule has 0 amide bonds. The SMILES string of the molecule is Cn1cc(Cl)cc1S. The van der Waals surface area contributed by atoms with Crippen molar-refractivity contribution < 1.29 is 0 Å². The van der Waals surface area contributed by atoms with E-state index in [2.05, 4.69) is 12.6 Å². The molecule has 44 valence electrons. The van der Waals surface area contributed by atoms with Crippen LogP contribution in [0.1, 0.15) is 0 Å². The topological polar surface area (TPSA) is 4.93 Å². The van der Waals surface area contributed by atoms with E-state index in [1.807, 2.05) is 17.8 Å². The zero-order valence-electron chi connectivity index (χ0n) is 4.43. The molecule has 0 aliphatic heterocycles. The molecule has 0 saturated carbocycles. The average molecular weight is 148 g/mol. The lowest BCUT2D eigenvalue weighted by Crippen LogP contribution is -1.81. The van der Waals surface area contributed by atoms with Crippen molar-refractivity contribution in [2.24, 2.45) is 7.05 Å². The number of aryl methyl sites for hydroxylation is 1. The van der Waals surface area contributed by atoms with Gasteiger partial charge in [-0.25, -0.2) is 0 Å². The van der Waals surface area contributed by atoms with Crippen molar-refractivity contribution in [1.82, 2.24) is 4.57 Å².